The van der Waals surface area contributed by atoms with Crippen LogP contribution in [0.3, 0.4) is 0 Å². The molecule has 0 aliphatic carbocycles. The first-order valence-electron chi connectivity index (χ1n) is 8.87. The van der Waals surface area contributed by atoms with Crippen molar-refractivity contribution in [1.82, 2.24) is 15.2 Å². The van der Waals surface area contributed by atoms with E-state index in [1.807, 2.05) is 32.0 Å². The second-order valence-corrected chi connectivity index (χ2v) is 6.08. The van der Waals surface area contributed by atoms with Gasteiger partial charge in [0.05, 0.1) is 5.92 Å². The van der Waals surface area contributed by atoms with Crippen molar-refractivity contribution < 1.29 is 9.59 Å². The molecule has 1 atom stereocenters. The molecule has 2 heterocycles. The highest BCUT2D eigenvalue weighted by molar-refractivity contribution is 5.81. The van der Waals surface area contributed by atoms with Gasteiger partial charge in [0.1, 0.15) is 5.82 Å². The topological polar surface area (TPSA) is 65.5 Å². The third-order valence-electron chi connectivity index (χ3n) is 4.52. The van der Waals surface area contributed by atoms with Crippen LogP contribution in [0.25, 0.3) is 0 Å². The van der Waals surface area contributed by atoms with Crippen LogP contribution >= 0.6 is 0 Å². The van der Waals surface area contributed by atoms with Gasteiger partial charge in [-0.1, -0.05) is 6.07 Å². The summed E-state index contributed by atoms with van der Waals surface area (Å²) in [5.74, 6) is 1.03. The molecule has 1 aliphatic heterocycles. The minimum absolute atomic E-state index is 0.0377. The first-order valence-corrected chi connectivity index (χ1v) is 8.87. The standard InChI is InChI=1S/C18H28N4O2/c1-3-21(4-2)17(23)10-12-20-18(24)15-8-7-13-22(14-15)16-9-5-6-11-19-16/h5-6,9,11,15H,3-4,7-8,10,12-14H2,1-2H3,(H,20,24)/t15-/m0/s1. The summed E-state index contributed by atoms with van der Waals surface area (Å²) in [5.41, 5.74) is 0. The van der Waals surface area contributed by atoms with Crippen molar-refractivity contribution in [3.8, 4) is 0 Å². The molecule has 0 saturated carbocycles. The summed E-state index contributed by atoms with van der Waals surface area (Å²) in [5, 5.41) is 2.92. The van der Waals surface area contributed by atoms with Crippen LogP contribution in [0.4, 0.5) is 5.82 Å². The quantitative estimate of drug-likeness (QED) is 0.825. The first-order chi connectivity index (χ1) is 11.7. The molecule has 0 radical (unpaired) electrons. The molecular formula is C18H28N4O2. The second kappa shape index (κ2) is 9.25. The minimum Gasteiger partial charge on any atom is -0.356 e. The predicted octanol–water partition coefficient (Wildman–Crippen LogP) is 1.67. The van der Waals surface area contributed by atoms with Gasteiger partial charge in [0.25, 0.3) is 0 Å². The highest BCUT2D eigenvalue weighted by Gasteiger charge is 2.26. The first kappa shape index (κ1) is 18.2. The fourth-order valence-electron chi connectivity index (χ4n) is 3.11. The number of amides is 2. The maximum atomic E-state index is 12.4. The van der Waals surface area contributed by atoms with Crippen molar-refractivity contribution in [2.75, 3.05) is 37.6 Å². The number of nitrogens with one attached hydrogen (secondary N) is 1. The molecule has 1 saturated heterocycles. The number of carbonyl (C=O) groups excluding carboxylic acids is 2. The molecule has 24 heavy (non-hydrogen) atoms. The molecule has 0 bridgehead atoms. The van der Waals surface area contributed by atoms with E-state index in [0.717, 1.165) is 25.2 Å². The number of rotatable bonds is 7. The average molecular weight is 332 g/mol. The fourth-order valence-corrected chi connectivity index (χ4v) is 3.11. The largest absolute Gasteiger partial charge is 0.356 e. The Labute approximate surface area is 144 Å². The lowest BCUT2D eigenvalue weighted by Crippen LogP contribution is -2.44. The van der Waals surface area contributed by atoms with Crippen molar-refractivity contribution in [3.63, 3.8) is 0 Å². The third kappa shape index (κ3) is 4.94. The summed E-state index contributed by atoms with van der Waals surface area (Å²) in [6, 6.07) is 5.83. The molecule has 1 aliphatic rings. The Morgan fingerprint density at radius 2 is 2.12 bits per heavy atom. The Bertz CT molecular complexity index is 531. The average Bonchev–Trinajstić information content (AvgIpc) is 2.63. The smallest absolute Gasteiger partial charge is 0.224 e. The summed E-state index contributed by atoms with van der Waals surface area (Å²) in [6.07, 6.45) is 4.01. The molecule has 1 N–H and O–H groups in total. The SMILES string of the molecule is CCN(CC)C(=O)CCNC(=O)[C@H]1CCCN(c2ccccn2)C1. The van der Waals surface area contributed by atoms with Crippen molar-refractivity contribution in [1.29, 1.82) is 0 Å². The van der Waals surface area contributed by atoms with Gasteiger partial charge in [0.2, 0.25) is 11.8 Å². The van der Waals surface area contributed by atoms with Crippen LogP contribution in [0, 0.1) is 5.92 Å². The van der Waals surface area contributed by atoms with Gasteiger partial charge in [-0.2, -0.15) is 0 Å². The van der Waals surface area contributed by atoms with E-state index in [1.165, 1.54) is 0 Å². The normalized spacial score (nSPS) is 17.4. The van der Waals surface area contributed by atoms with Gasteiger partial charge in [-0.3, -0.25) is 9.59 Å². The van der Waals surface area contributed by atoms with Crippen molar-refractivity contribution in [2.24, 2.45) is 5.92 Å². The highest BCUT2D eigenvalue weighted by atomic mass is 16.2. The molecule has 0 unspecified atom stereocenters. The Kier molecular flexibility index (Phi) is 7.03. The van der Waals surface area contributed by atoms with E-state index in [2.05, 4.69) is 15.2 Å². The van der Waals surface area contributed by atoms with Crippen molar-refractivity contribution in [2.45, 2.75) is 33.1 Å². The lowest BCUT2D eigenvalue weighted by molar-refractivity contribution is -0.131. The van der Waals surface area contributed by atoms with Gasteiger partial charge in [0, 0.05) is 45.3 Å². The summed E-state index contributed by atoms with van der Waals surface area (Å²) in [7, 11) is 0. The van der Waals surface area contributed by atoms with E-state index >= 15 is 0 Å². The van der Waals surface area contributed by atoms with Crippen LogP contribution in [0.5, 0.6) is 0 Å². The zero-order valence-electron chi connectivity index (χ0n) is 14.7. The molecule has 0 spiro atoms. The van der Waals surface area contributed by atoms with Crippen LogP contribution in [-0.4, -0.2) is 54.4 Å². The summed E-state index contributed by atoms with van der Waals surface area (Å²) < 4.78 is 0. The van der Waals surface area contributed by atoms with Crippen LogP contribution in [-0.2, 0) is 9.59 Å². The monoisotopic (exact) mass is 332 g/mol. The highest BCUT2D eigenvalue weighted by Crippen LogP contribution is 2.21. The number of pyridine rings is 1. The van der Waals surface area contributed by atoms with Crippen LogP contribution in [0.1, 0.15) is 33.1 Å². The number of carbonyl (C=O) groups is 2. The second-order valence-electron chi connectivity index (χ2n) is 6.08. The van der Waals surface area contributed by atoms with Crippen LogP contribution in [0.15, 0.2) is 24.4 Å². The Morgan fingerprint density at radius 3 is 2.79 bits per heavy atom. The molecule has 2 amide bonds. The molecule has 0 aromatic carbocycles. The molecule has 132 valence electrons. The Hall–Kier alpha value is -2.11. The zero-order valence-corrected chi connectivity index (χ0v) is 14.7. The van der Waals surface area contributed by atoms with Gasteiger partial charge < -0.3 is 15.1 Å². The van der Waals surface area contributed by atoms with Gasteiger partial charge in [-0.05, 0) is 38.8 Å². The van der Waals surface area contributed by atoms with Crippen molar-refractivity contribution >= 4 is 17.6 Å². The maximum absolute atomic E-state index is 12.4. The fraction of sp³-hybridized carbons (Fsp3) is 0.611. The van der Waals surface area contributed by atoms with Crippen LogP contribution in [0.2, 0.25) is 0 Å². The number of piperidine rings is 1. The Balaban J connectivity index is 1.79. The zero-order chi connectivity index (χ0) is 17.4. The van der Waals surface area contributed by atoms with E-state index in [9.17, 15) is 9.59 Å². The molecule has 1 fully saturated rings. The number of nitrogens with zero attached hydrogens (tertiary/aromatic N) is 3. The van der Waals surface area contributed by atoms with E-state index in [4.69, 9.17) is 0 Å². The minimum atomic E-state index is -0.0377. The molecule has 6 nitrogen and oxygen atoms in total. The van der Waals surface area contributed by atoms with Gasteiger partial charge in [-0.25, -0.2) is 4.98 Å². The van der Waals surface area contributed by atoms with Crippen LogP contribution < -0.4 is 10.2 Å². The number of anilines is 1. The molecule has 6 heteroatoms. The molecule has 2 rings (SSSR count). The van der Waals surface area contributed by atoms with Crippen molar-refractivity contribution in [3.05, 3.63) is 24.4 Å². The molecule has 1 aromatic rings. The Morgan fingerprint density at radius 1 is 1.33 bits per heavy atom. The lowest BCUT2D eigenvalue weighted by atomic mass is 9.97. The van der Waals surface area contributed by atoms with E-state index in [-0.39, 0.29) is 17.7 Å². The number of hydrogen-bond acceptors (Lipinski definition) is 4. The maximum Gasteiger partial charge on any atom is 0.224 e. The molecule has 1 aromatic heterocycles. The molecular weight excluding hydrogens is 304 g/mol. The van der Waals surface area contributed by atoms with E-state index < -0.39 is 0 Å². The van der Waals surface area contributed by atoms with E-state index in [0.29, 0.717) is 32.6 Å². The summed E-state index contributed by atoms with van der Waals surface area (Å²) in [6.45, 7) is 7.39. The number of hydrogen-bond donors (Lipinski definition) is 1. The third-order valence-corrected chi connectivity index (χ3v) is 4.52. The summed E-state index contributed by atoms with van der Waals surface area (Å²) >= 11 is 0. The van der Waals surface area contributed by atoms with Gasteiger partial charge in [-0.15, -0.1) is 0 Å². The summed E-state index contributed by atoms with van der Waals surface area (Å²) in [4.78, 5) is 32.7. The van der Waals surface area contributed by atoms with Gasteiger partial charge in [0.15, 0.2) is 0 Å². The van der Waals surface area contributed by atoms with Gasteiger partial charge >= 0.3 is 0 Å². The lowest BCUT2D eigenvalue weighted by Gasteiger charge is -2.32. The predicted molar refractivity (Wildman–Crippen MR) is 94.7 cm³/mol. The number of aromatic nitrogens is 1. The van der Waals surface area contributed by atoms with E-state index in [1.54, 1.807) is 11.1 Å².